The number of hydrogen-bond acceptors (Lipinski definition) is 3. The van der Waals surface area contributed by atoms with Gasteiger partial charge in [0.1, 0.15) is 0 Å². The Hall–Kier alpha value is -1.69. The van der Waals surface area contributed by atoms with Gasteiger partial charge in [0, 0.05) is 49.8 Å². The molecule has 2 rings (SSSR count). The Labute approximate surface area is 162 Å². The number of thioether (sulfide) groups is 1. The summed E-state index contributed by atoms with van der Waals surface area (Å²) in [7, 11) is 0. The molecule has 2 N–H and O–H groups in total. The molecule has 1 aromatic carbocycles. The van der Waals surface area contributed by atoms with E-state index in [4.69, 9.17) is 4.99 Å². The van der Waals surface area contributed by atoms with E-state index in [2.05, 4.69) is 60.2 Å². The summed E-state index contributed by atoms with van der Waals surface area (Å²) in [5, 5.41) is 6.92. The first-order valence-electron chi connectivity index (χ1n) is 9.51. The lowest BCUT2D eigenvalue weighted by Gasteiger charge is -2.36. The monoisotopic (exact) mass is 376 g/mol. The lowest BCUT2D eigenvalue weighted by Crippen LogP contribution is -2.49. The number of carbonyl (C=O) groups excluding carboxylic acids is 1. The third-order valence-corrected chi connectivity index (χ3v) is 5.95. The fourth-order valence-corrected chi connectivity index (χ4v) is 4.24. The number of amides is 1. The van der Waals surface area contributed by atoms with Crippen LogP contribution < -0.4 is 10.6 Å². The summed E-state index contributed by atoms with van der Waals surface area (Å²) in [4.78, 5) is 18.3. The van der Waals surface area contributed by atoms with E-state index in [1.54, 1.807) is 0 Å². The van der Waals surface area contributed by atoms with Crippen molar-refractivity contribution in [2.75, 3.05) is 37.2 Å². The van der Waals surface area contributed by atoms with Crippen LogP contribution in [0.2, 0.25) is 0 Å². The SMILES string of the molecule is CCNC(=NCCc1ccc(NC(C)=O)cc1)N1CCSC(C(C)C)C1. The van der Waals surface area contributed by atoms with Crippen molar-refractivity contribution < 1.29 is 4.79 Å². The van der Waals surface area contributed by atoms with E-state index in [9.17, 15) is 4.79 Å². The summed E-state index contributed by atoms with van der Waals surface area (Å²) in [6, 6.07) is 8.00. The highest BCUT2D eigenvalue weighted by molar-refractivity contribution is 8.00. The summed E-state index contributed by atoms with van der Waals surface area (Å²) in [6.07, 6.45) is 0.894. The highest BCUT2D eigenvalue weighted by atomic mass is 32.2. The molecule has 0 bridgehead atoms. The highest BCUT2D eigenvalue weighted by Gasteiger charge is 2.24. The Morgan fingerprint density at radius 2 is 2.08 bits per heavy atom. The first-order valence-corrected chi connectivity index (χ1v) is 10.6. The van der Waals surface area contributed by atoms with Gasteiger partial charge in [-0.1, -0.05) is 26.0 Å². The zero-order chi connectivity index (χ0) is 18.9. The molecule has 26 heavy (non-hydrogen) atoms. The number of nitrogens with one attached hydrogen (secondary N) is 2. The van der Waals surface area contributed by atoms with Crippen LogP contribution in [-0.2, 0) is 11.2 Å². The standard InChI is InChI=1S/C20H32N4OS/c1-5-21-20(24-12-13-26-19(14-24)15(2)3)22-11-10-17-6-8-18(9-7-17)23-16(4)25/h6-9,15,19H,5,10-14H2,1-4H3,(H,21,22)(H,23,25). The molecule has 6 heteroatoms. The van der Waals surface area contributed by atoms with Crippen LogP contribution in [0.1, 0.15) is 33.3 Å². The molecule has 1 atom stereocenters. The molecule has 1 saturated heterocycles. The molecule has 5 nitrogen and oxygen atoms in total. The first kappa shape index (κ1) is 20.6. The van der Waals surface area contributed by atoms with E-state index < -0.39 is 0 Å². The van der Waals surface area contributed by atoms with Gasteiger partial charge in [-0.05, 0) is 37.0 Å². The maximum atomic E-state index is 11.1. The topological polar surface area (TPSA) is 56.7 Å². The van der Waals surface area contributed by atoms with Crippen LogP contribution in [0, 0.1) is 5.92 Å². The van der Waals surface area contributed by atoms with Crippen LogP contribution in [0.15, 0.2) is 29.3 Å². The summed E-state index contributed by atoms with van der Waals surface area (Å²) < 4.78 is 0. The molecule has 1 aliphatic heterocycles. The third-order valence-electron chi connectivity index (χ3n) is 4.41. The molecule has 1 unspecified atom stereocenters. The zero-order valence-corrected chi connectivity index (χ0v) is 17.2. The summed E-state index contributed by atoms with van der Waals surface area (Å²) in [6.45, 7) is 12.0. The average Bonchev–Trinajstić information content (AvgIpc) is 2.62. The molecule has 0 radical (unpaired) electrons. The molecule has 1 amide bonds. The van der Waals surface area contributed by atoms with Crippen molar-refractivity contribution in [2.24, 2.45) is 10.9 Å². The van der Waals surface area contributed by atoms with Crippen molar-refractivity contribution in [1.29, 1.82) is 0 Å². The largest absolute Gasteiger partial charge is 0.357 e. The van der Waals surface area contributed by atoms with Crippen LogP contribution in [-0.4, -0.2) is 53.9 Å². The number of nitrogens with zero attached hydrogens (tertiary/aromatic N) is 2. The number of aliphatic imine (C=N–C) groups is 1. The minimum atomic E-state index is -0.0444. The maximum Gasteiger partial charge on any atom is 0.221 e. The van der Waals surface area contributed by atoms with Gasteiger partial charge in [-0.25, -0.2) is 0 Å². The number of carbonyl (C=O) groups is 1. The quantitative estimate of drug-likeness (QED) is 0.591. The molecule has 0 saturated carbocycles. The van der Waals surface area contributed by atoms with Gasteiger partial charge in [-0.3, -0.25) is 9.79 Å². The number of benzene rings is 1. The van der Waals surface area contributed by atoms with E-state index >= 15 is 0 Å². The maximum absolute atomic E-state index is 11.1. The predicted molar refractivity (Wildman–Crippen MR) is 113 cm³/mol. The van der Waals surface area contributed by atoms with Crippen molar-refractivity contribution in [3.05, 3.63) is 29.8 Å². The first-order chi connectivity index (χ1) is 12.5. The Kier molecular flexibility index (Phi) is 8.29. The van der Waals surface area contributed by atoms with Gasteiger partial charge in [-0.15, -0.1) is 0 Å². The molecule has 1 fully saturated rings. The number of rotatable bonds is 6. The minimum Gasteiger partial charge on any atom is -0.357 e. The Balaban J connectivity index is 1.93. The van der Waals surface area contributed by atoms with Gasteiger partial charge in [0.05, 0.1) is 0 Å². The Morgan fingerprint density at radius 3 is 2.69 bits per heavy atom. The second-order valence-electron chi connectivity index (χ2n) is 6.96. The average molecular weight is 377 g/mol. The second-order valence-corrected chi connectivity index (χ2v) is 8.31. The number of hydrogen-bond donors (Lipinski definition) is 2. The molecule has 144 valence electrons. The zero-order valence-electron chi connectivity index (χ0n) is 16.4. The van der Waals surface area contributed by atoms with E-state index in [-0.39, 0.29) is 5.91 Å². The van der Waals surface area contributed by atoms with Crippen LogP contribution in [0.3, 0.4) is 0 Å². The molecular formula is C20H32N4OS. The molecule has 0 spiro atoms. The van der Waals surface area contributed by atoms with Crippen molar-refractivity contribution in [1.82, 2.24) is 10.2 Å². The highest BCUT2D eigenvalue weighted by Crippen LogP contribution is 2.24. The van der Waals surface area contributed by atoms with Crippen molar-refractivity contribution >= 4 is 29.3 Å². The van der Waals surface area contributed by atoms with E-state index in [0.29, 0.717) is 11.2 Å². The molecule has 1 aliphatic rings. The smallest absolute Gasteiger partial charge is 0.221 e. The normalized spacial score (nSPS) is 18.1. The van der Waals surface area contributed by atoms with Gasteiger partial charge < -0.3 is 15.5 Å². The van der Waals surface area contributed by atoms with Crippen molar-refractivity contribution in [2.45, 2.75) is 39.4 Å². The van der Waals surface area contributed by atoms with Gasteiger partial charge in [0.2, 0.25) is 5.91 Å². The van der Waals surface area contributed by atoms with E-state index in [0.717, 1.165) is 50.0 Å². The van der Waals surface area contributed by atoms with Gasteiger partial charge in [-0.2, -0.15) is 11.8 Å². The van der Waals surface area contributed by atoms with Crippen molar-refractivity contribution in [3.8, 4) is 0 Å². The van der Waals surface area contributed by atoms with E-state index in [1.807, 2.05) is 12.1 Å². The second kappa shape index (κ2) is 10.5. The van der Waals surface area contributed by atoms with Gasteiger partial charge >= 0.3 is 0 Å². The van der Waals surface area contributed by atoms with Crippen LogP contribution in [0.25, 0.3) is 0 Å². The fraction of sp³-hybridized carbons (Fsp3) is 0.600. The Morgan fingerprint density at radius 1 is 1.35 bits per heavy atom. The number of anilines is 1. The van der Waals surface area contributed by atoms with Crippen molar-refractivity contribution in [3.63, 3.8) is 0 Å². The molecule has 1 heterocycles. The lowest BCUT2D eigenvalue weighted by atomic mass is 10.1. The molecular weight excluding hydrogens is 344 g/mol. The summed E-state index contributed by atoms with van der Waals surface area (Å²) >= 11 is 2.08. The summed E-state index contributed by atoms with van der Waals surface area (Å²) in [5.74, 6) is 2.84. The van der Waals surface area contributed by atoms with Gasteiger partial charge in [0.25, 0.3) is 0 Å². The third kappa shape index (κ3) is 6.56. The fourth-order valence-electron chi connectivity index (χ4n) is 2.95. The van der Waals surface area contributed by atoms with Gasteiger partial charge in [0.15, 0.2) is 5.96 Å². The molecule has 1 aromatic rings. The van der Waals surface area contributed by atoms with E-state index in [1.165, 1.54) is 12.5 Å². The lowest BCUT2D eigenvalue weighted by molar-refractivity contribution is -0.114. The molecule has 0 aliphatic carbocycles. The number of guanidine groups is 1. The summed E-state index contributed by atoms with van der Waals surface area (Å²) in [5.41, 5.74) is 2.07. The molecule has 0 aromatic heterocycles. The van der Waals surface area contributed by atoms with Crippen LogP contribution in [0.5, 0.6) is 0 Å². The Bertz CT molecular complexity index is 600. The van der Waals surface area contributed by atoms with Crippen LogP contribution in [0.4, 0.5) is 5.69 Å². The predicted octanol–water partition coefficient (Wildman–Crippen LogP) is 3.23. The van der Waals surface area contributed by atoms with Crippen LogP contribution >= 0.6 is 11.8 Å². The minimum absolute atomic E-state index is 0.0444.